The molecule has 2 amide bonds. The Morgan fingerprint density at radius 2 is 2.00 bits per heavy atom. The van der Waals surface area contributed by atoms with Gasteiger partial charge in [-0.3, -0.25) is 9.59 Å². The fraction of sp³-hybridized carbons (Fsp3) is 0.667. The number of likely N-dealkylation sites (N-methyl/N-ethyl adjacent to an activating group) is 1. The summed E-state index contributed by atoms with van der Waals surface area (Å²) in [5.41, 5.74) is 1.07. The Bertz CT molecular complexity index is 849. The molecule has 2 unspecified atom stereocenters. The summed E-state index contributed by atoms with van der Waals surface area (Å²) >= 11 is 1.58. The van der Waals surface area contributed by atoms with Crippen LogP contribution in [0.5, 0.6) is 0 Å². The largest absolute Gasteiger partial charge is 0.349 e. The van der Waals surface area contributed by atoms with Crippen molar-refractivity contribution in [2.24, 2.45) is 28.6 Å². The quantitative estimate of drug-likeness (QED) is 0.778. The summed E-state index contributed by atoms with van der Waals surface area (Å²) < 4.78 is 0. The van der Waals surface area contributed by atoms with Crippen molar-refractivity contribution in [2.75, 3.05) is 7.05 Å². The van der Waals surface area contributed by atoms with E-state index in [9.17, 15) is 9.59 Å². The van der Waals surface area contributed by atoms with E-state index in [4.69, 9.17) is 0 Å². The van der Waals surface area contributed by atoms with Crippen LogP contribution in [0.3, 0.4) is 0 Å². The van der Waals surface area contributed by atoms with Crippen molar-refractivity contribution >= 4 is 23.2 Å². The molecular weight excluding hydrogens is 380 g/mol. The Labute approximate surface area is 177 Å². The van der Waals surface area contributed by atoms with Crippen LogP contribution in [0.15, 0.2) is 29.0 Å². The molecule has 0 spiro atoms. The number of hydrogen-bond donors (Lipinski definition) is 1. The molecule has 29 heavy (non-hydrogen) atoms. The normalized spacial score (nSPS) is 43.5. The van der Waals surface area contributed by atoms with Gasteiger partial charge in [-0.15, -0.1) is 0 Å². The molecule has 7 atom stereocenters. The number of nitrogens with one attached hydrogen (secondary N) is 1. The highest BCUT2D eigenvalue weighted by Gasteiger charge is 2.60. The molecule has 0 bridgehead atoms. The Hall–Kier alpha value is -1.62. The first-order valence-corrected chi connectivity index (χ1v) is 12.1. The number of nitrogens with zero attached hydrogens (tertiary/aromatic N) is 1. The van der Waals surface area contributed by atoms with E-state index in [2.05, 4.69) is 25.2 Å². The molecule has 3 saturated carbocycles. The number of rotatable bonds is 2. The smallest absolute Gasteiger partial charge is 0.252 e. The molecule has 3 fully saturated rings. The van der Waals surface area contributed by atoms with E-state index in [0.29, 0.717) is 23.8 Å². The Morgan fingerprint density at radius 3 is 2.76 bits per heavy atom. The molecule has 4 nitrogen and oxygen atoms in total. The van der Waals surface area contributed by atoms with Crippen LogP contribution in [0.25, 0.3) is 0 Å². The molecular formula is C24H32N2O2S. The third kappa shape index (κ3) is 2.76. The van der Waals surface area contributed by atoms with Gasteiger partial charge in [0.05, 0.1) is 0 Å². The van der Waals surface area contributed by atoms with Crippen LogP contribution in [0.1, 0.15) is 62.7 Å². The predicted octanol–water partition coefficient (Wildman–Crippen LogP) is 4.49. The number of thiophene rings is 1. The fourth-order valence-electron chi connectivity index (χ4n) is 7.61. The van der Waals surface area contributed by atoms with Crippen molar-refractivity contribution < 1.29 is 9.59 Å². The molecule has 5 rings (SSSR count). The van der Waals surface area contributed by atoms with Crippen molar-refractivity contribution in [3.05, 3.63) is 34.5 Å². The SMILES string of the molecule is CN1C(=O)C=C[C@@]2(C)C1CC[C@@H]1[C@H]2CC[C@]2(C)C(NC(=O)c3ccsc3)CC[C@@H]12. The molecule has 156 valence electrons. The summed E-state index contributed by atoms with van der Waals surface area (Å²) in [6, 6.07) is 2.53. The van der Waals surface area contributed by atoms with Crippen LogP contribution in [0, 0.1) is 28.6 Å². The topological polar surface area (TPSA) is 49.4 Å². The lowest BCUT2D eigenvalue weighted by Gasteiger charge is -2.60. The van der Waals surface area contributed by atoms with Crippen molar-refractivity contribution in [3.8, 4) is 0 Å². The van der Waals surface area contributed by atoms with E-state index in [1.54, 1.807) is 11.3 Å². The van der Waals surface area contributed by atoms with E-state index in [1.165, 1.54) is 25.7 Å². The minimum atomic E-state index is 0.0882. The lowest BCUT2D eigenvalue weighted by atomic mass is 9.48. The molecule has 1 aromatic heterocycles. The standard InChI is InChI=1S/C24H32N2O2S/c1-23-11-8-18-16(4-7-20-24(18,2)12-9-21(27)26(20)3)17(23)5-6-19(23)25-22(28)15-10-13-29-14-15/h9-10,12-14,16-20H,4-8,11H2,1-3H3,(H,25,28)/t16-,17-,18+,19?,20?,23-,24+/m0/s1. The van der Waals surface area contributed by atoms with Gasteiger partial charge in [0.15, 0.2) is 0 Å². The monoisotopic (exact) mass is 412 g/mol. The van der Waals surface area contributed by atoms with Gasteiger partial charge in [-0.1, -0.05) is 19.9 Å². The first-order valence-electron chi connectivity index (χ1n) is 11.1. The third-order valence-corrected chi connectivity index (χ3v) is 9.90. The van der Waals surface area contributed by atoms with Crippen molar-refractivity contribution in [3.63, 3.8) is 0 Å². The number of carbonyl (C=O) groups excluding carboxylic acids is 2. The van der Waals surface area contributed by atoms with Gasteiger partial charge in [-0.25, -0.2) is 0 Å². The van der Waals surface area contributed by atoms with Crippen LogP contribution in [0.2, 0.25) is 0 Å². The minimum absolute atomic E-state index is 0.0882. The molecule has 0 aromatic carbocycles. The van der Waals surface area contributed by atoms with Crippen LogP contribution >= 0.6 is 11.3 Å². The van der Waals surface area contributed by atoms with Crippen LogP contribution in [0.4, 0.5) is 0 Å². The summed E-state index contributed by atoms with van der Waals surface area (Å²) in [5.74, 6) is 2.25. The number of amides is 2. The average molecular weight is 413 g/mol. The predicted molar refractivity (Wildman–Crippen MR) is 116 cm³/mol. The van der Waals surface area contributed by atoms with Gasteiger partial charge in [0.25, 0.3) is 5.91 Å². The van der Waals surface area contributed by atoms with Crippen LogP contribution in [-0.2, 0) is 4.79 Å². The van der Waals surface area contributed by atoms with Crippen molar-refractivity contribution in [1.29, 1.82) is 0 Å². The first-order chi connectivity index (χ1) is 13.8. The van der Waals surface area contributed by atoms with Crippen LogP contribution in [-0.4, -0.2) is 35.8 Å². The molecule has 0 radical (unpaired) electrons. The Balaban J connectivity index is 1.38. The first kappa shape index (κ1) is 19.3. The molecule has 1 N–H and O–H groups in total. The Morgan fingerprint density at radius 1 is 1.17 bits per heavy atom. The maximum Gasteiger partial charge on any atom is 0.252 e. The molecule has 1 aliphatic heterocycles. The maximum atomic E-state index is 12.7. The summed E-state index contributed by atoms with van der Waals surface area (Å²) in [7, 11) is 1.98. The third-order valence-electron chi connectivity index (χ3n) is 9.22. The highest BCUT2D eigenvalue weighted by atomic mass is 32.1. The van der Waals surface area contributed by atoms with Gasteiger partial charge in [0.1, 0.15) is 0 Å². The van der Waals surface area contributed by atoms with E-state index in [1.807, 2.05) is 34.9 Å². The zero-order valence-electron chi connectivity index (χ0n) is 17.7. The van der Waals surface area contributed by atoms with E-state index in [0.717, 1.165) is 18.4 Å². The average Bonchev–Trinajstić information content (AvgIpc) is 3.34. The zero-order valence-corrected chi connectivity index (χ0v) is 18.5. The number of hydrogen-bond acceptors (Lipinski definition) is 3. The molecule has 5 heteroatoms. The second kappa shape index (κ2) is 6.69. The molecule has 3 aliphatic carbocycles. The number of carbonyl (C=O) groups is 2. The van der Waals surface area contributed by atoms with Crippen molar-refractivity contribution in [2.45, 2.75) is 64.5 Å². The highest BCUT2D eigenvalue weighted by Crippen LogP contribution is 2.63. The van der Waals surface area contributed by atoms with Crippen LogP contribution < -0.4 is 5.32 Å². The molecule has 4 aliphatic rings. The summed E-state index contributed by atoms with van der Waals surface area (Å²) in [6.07, 6.45) is 11.0. The lowest BCUT2D eigenvalue weighted by molar-refractivity contribution is -0.138. The summed E-state index contributed by atoms with van der Waals surface area (Å²) in [5, 5.41) is 7.31. The van der Waals surface area contributed by atoms with E-state index in [-0.39, 0.29) is 28.7 Å². The summed E-state index contributed by atoms with van der Waals surface area (Å²) in [4.78, 5) is 26.9. The van der Waals surface area contributed by atoms with E-state index >= 15 is 0 Å². The van der Waals surface area contributed by atoms with Gasteiger partial charge < -0.3 is 10.2 Å². The van der Waals surface area contributed by atoms with Gasteiger partial charge in [-0.2, -0.15) is 11.3 Å². The lowest BCUT2D eigenvalue weighted by Crippen LogP contribution is -2.60. The highest BCUT2D eigenvalue weighted by molar-refractivity contribution is 7.08. The summed E-state index contributed by atoms with van der Waals surface area (Å²) in [6.45, 7) is 4.82. The number of fused-ring (bicyclic) bond motifs is 5. The van der Waals surface area contributed by atoms with Gasteiger partial charge in [0, 0.05) is 35.5 Å². The Kier molecular flexibility index (Phi) is 4.47. The maximum absolute atomic E-state index is 12.7. The van der Waals surface area contributed by atoms with Gasteiger partial charge in [-0.05, 0) is 79.2 Å². The van der Waals surface area contributed by atoms with Crippen molar-refractivity contribution in [1.82, 2.24) is 10.2 Å². The molecule has 2 heterocycles. The second-order valence-electron chi connectivity index (χ2n) is 10.3. The second-order valence-corrected chi connectivity index (χ2v) is 11.1. The van der Waals surface area contributed by atoms with Gasteiger partial charge in [0.2, 0.25) is 5.91 Å². The minimum Gasteiger partial charge on any atom is -0.349 e. The zero-order chi connectivity index (χ0) is 20.4. The molecule has 0 saturated heterocycles. The molecule has 1 aromatic rings. The fourth-order valence-corrected chi connectivity index (χ4v) is 8.25. The van der Waals surface area contributed by atoms with E-state index < -0.39 is 0 Å². The van der Waals surface area contributed by atoms with Gasteiger partial charge >= 0.3 is 0 Å².